The lowest BCUT2D eigenvalue weighted by Crippen LogP contribution is -2.33. The molecule has 5 nitrogen and oxygen atoms in total. The van der Waals surface area contributed by atoms with E-state index in [4.69, 9.17) is 10.8 Å². The van der Waals surface area contributed by atoms with Crippen molar-refractivity contribution in [1.29, 1.82) is 0 Å². The highest BCUT2D eigenvalue weighted by molar-refractivity contribution is 6.02. The molecule has 5 heteroatoms. The van der Waals surface area contributed by atoms with E-state index in [9.17, 15) is 9.59 Å². The molecule has 1 rings (SSSR count). The quantitative estimate of drug-likeness (QED) is 0.641. The molecule has 1 unspecified atom stereocenters. The van der Waals surface area contributed by atoms with Crippen molar-refractivity contribution < 1.29 is 14.7 Å². The van der Waals surface area contributed by atoms with Gasteiger partial charge in [-0.25, -0.2) is 0 Å². The minimum atomic E-state index is -0.862. The molecular weight excluding hydrogens is 244 g/mol. The number of carbonyl (C=O) groups is 2. The number of carbonyl (C=O) groups excluding carboxylic acids is 2. The second-order valence-electron chi connectivity index (χ2n) is 4.25. The first-order chi connectivity index (χ1) is 8.97. The number of rotatable bonds is 6. The molecule has 1 aromatic carbocycles. The fourth-order valence-corrected chi connectivity index (χ4v) is 1.71. The van der Waals surface area contributed by atoms with E-state index in [1.165, 1.54) is 0 Å². The summed E-state index contributed by atoms with van der Waals surface area (Å²) in [5.74, 6) is -1.98. The number of nitrogens with two attached hydrogens (primary N) is 1. The third-order valence-corrected chi connectivity index (χ3v) is 2.73. The number of nitrogens with one attached hydrogen (secondary N) is 1. The fraction of sp³-hybridized carbons (Fsp3) is 0.286. The van der Waals surface area contributed by atoms with Crippen molar-refractivity contribution in [2.75, 3.05) is 13.2 Å². The van der Waals surface area contributed by atoms with Crippen molar-refractivity contribution in [3.63, 3.8) is 0 Å². The molecule has 0 saturated heterocycles. The lowest BCUT2D eigenvalue weighted by atomic mass is 9.90. The van der Waals surface area contributed by atoms with Crippen LogP contribution in [0.1, 0.15) is 17.0 Å². The molecule has 1 atom stereocenters. The Balaban J connectivity index is 2.95. The fourth-order valence-electron chi connectivity index (χ4n) is 1.71. The molecule has 4 N–H and O–H groups in total. The molecule has 0 aliphatic rings. The minimum Gasteiger partial charge on any atom is -0.395 e. The monoisotopic (exact) mass is 262 g/mol. The van der Waals surface area contributed by atoms with Gasteiger partial charge in [0.2, 0.25) is 11.8 Å². The first kappa shape index (κ1) is 14.9. The predicted molar refractivity (Wildman–Crippen MR) is 72.3 cm³/mol. The molecule has 0 spiro atoms. The van der Waals surface area contributed by atoms with E-state index in [1.54, 1.807) is 12.1 Å². The number of amides is 2. The first-order valence-corrected chi connectivity index (χ1v) is 5.91. The van der Waals surface area contributed by atoms with Gasteiger partial charge in [-0.15, -0.1) is 0 Å². The molecule has 19 heavy (non-hydrogen) atoms. The predicted octanol–water partition coefficient (Wildman–Crippen LogP) is 0.229. The van der Waals surface area contributed by atoms with E-state index in [0.717, 1.165) is 5.56 Å². The summed E-state index contributed by atoms with van der Waals surface area (Å²) in [6.45, 7) is 5.49. The summed E-state index contributed by atoms with van der Waals surface area (Å²) in [6, 6.07) is 7.17. The third-order valence-electron chi connectivity index (χ3n) is 2.73. The van der Waals surface area contributed by atoms with E-state index in [-0.39, 0.29) is 18.7 Å². The van der Waals surface area contributed by atoms with Gasteiger partial charge in [0.1, 0.15) is 0 Å². The Hall–Kier alpha value is -2.14. The normalized spacial score (nSPS) is 11.7. The maximum atomic E-state index is 11.8. The largest absolute Gasteiger partial charge is 0.395 e. The second kappa shape index (κ2) is 6.70. The van der Waals surface area contributed by atoms with Crippen LogP contribution >= 0.6 is 0 Å². The number of aliphatic hydroxyl groups is 1. The highest BCUT2D eigenvalue weighted by Crippen LogP contribution is 2.23. The molecule has 0 fully saturated rings. The molecule has 2 amide bonds. The van der Waals surface area contributed by atoms with Crippen LogP contribution in [-0.4, -0.2) is 30.1 Å². The van der Waals surface area contributed by atoms with Crippen LogP contribution in [0.2, 0.25) is 0 Å². The average Bonchev–Trinajstić information content (AvgIpc) is 2.38. The van der Waals surface area contributed by atoms with Gasteiger partial charge < -0.3 is 16.2 Å². The third kappa shape index (κ3) is 3.93. The van der Waals surface area contributed by atoms with Crippen LogP contribution in [0.3, 0.4) is 0 Å². The summed E-state index contributed by atoms with van der Waals surface area (Å²) in [5, 5.41) is 11.1. The Labute approximate surface area is 112 Å². The second-order valence-corrected chi connectivity index (χ2v) is 4.25. The Morgan fingerprint density at radius 1 is 1.37 bits per heavy atom. The summed E-state index contributed by atoms with van der Waals surface area (Å²) < 4.78 is 0. The van der Waals surface area contributed by atoms with Gasteiger partial charge in [-0.05, 0) is 12.5 Å². The van der Waals surface area contributed by atoms with Gasteiger partial charge in [0.25, 0.3) is 0 Å². The van der Waals surface area contributed by atoms with Crippen LogP contribution in [0.25, 0.3) is 0 Å². The zero-order valence-corrected chi connectivity index (χ0v) is 10.8. The van der Waals surface area contributed by atoms with Crippen LogP contribution < -0.4 is 11.1 Å². The standard InChI is InChI=1S/C14H18N2O3/c1-9-3-5-11(6-4-9)12(13(15)18)10(2)14(19)16-7-8-17/h3-6,12,17H,2,7-8H2,1H3,(H2,15,18)(H,16,19). The van der Waals surface area contributed by atoms with Gasteiger partial charge in [-0.2, -0.15) is 0 Å². The Morgan fingerprint density at radius 3 is 2.42 bits per heavy atom. The molecule has 0 aromatic heterocycles. The van der Waals surface area contributed by atoms with Crippen molar-refractivity contribution in [2.45, 2.75) is 12.8 Å². The van der Waals surface area contributed by atoms with Gasteiger partial charge >= 0.3 is 0 Å². The van der Waals surface area contributed by atoms with Gasteiger partial charge in [0.05, 0.1) is 12.5 Å². The van der Waals surface area contributed by atoms with Gasteiger partial charge in [0, 0.05) is 12.1 Å². The van der Waals surface area contributed by atoms with Crippen molar-refractivity contribution in [2.24, 2.45) is 5.73 Å². The molecule has 102 valence electrons. The molecule has 0 aliphatic heterocycles. The number of benzene rings is 1. The highest BCUT2D eigenvalue weighted by Gasteiger charge is 2.25. The number of primary amides is 1. The molecule has 0 saturated carbocycles. The van der Waals surface area contributed by atoms with E-state index in [0.29, 0.717) is 5.56 Å². The van der Waals surface area contributed by atoms with Crippen LogP contribution in [0.15, 0.2) is 36.4 Å². The Bertz CT molecular complexity index is 480. The maximum Gasteiger partial charge on any atom is 0.247 e. The SMILES string of the molecule is C=C(C(=O)NCCO)C(C(N)=O)c1ccc(C)cc1. The minimum absolute atomic E-state index is 0.0739. The summed E-state index contributed by atoms with van der Waals surface area (Å²) in [7, 11) is 0. The highest BCUT2D eigenvalue weighted by atomic mass is 16.3. The van der Waals surface area contributed by atoms with E-state index in [1.807, 2.05) is 19.1 Å². The smallest absolute Gasteiger partial charge is 0.247 e. The maximum absolute atomic E-state index is 11.8. The zero-order chi connectivity index (χ0) is 14.4. The van der Waals surface area contributed by atoms with Crippen LogP contribution in [0.5, 0.6) is 0 Å². The van der Waals surface area contributed by atoms with Crippen LogP contribution in [0, 0.1) is 6.92 Å². The lowest BCUT2D eigenvalue weighted by molar-refractivity contribution is -0.122. The summed E-state index contributed by atoms with van der Waals surface area (Å²) >= 11 is 0. The van der Waals surface area contributed by atoms with Crippen molar-refractivity contribution in [3.05, 3.63) is 47.5 Å². The molecule has 0 radical (unpaired) electrons. The number of hydrogen-bond donors (Lipinski definition) is 3. The number of aliphatic hydroxyl groups excluding tert-OH is 1. The molecule has 0 bridgehead atoms. The van der Waals surface area contributed by atoms with Crippen LogP contribution in [-0.2, 0) is 9.59 Å². The van der Waals surface area contributed by atoms with E-state index in [2.05, 4.69) is 11.9 Å². The van der Waals surface area contributed by atoms with Crippen molar-refractivity contribution >= 4 is 11.8 Å². The lowest BCUT2D eigenvalue weighted by Gasteiger charge is -2.16. The summed E-state index contributed by atoms with van der Waals surface area (Å²) in [4.78, 5) is 23.3. The van der Waals surface area contributed by atoms with Gasteiger partial charge in [-0.1, -0.05) is 36.4 Å². The number of hydrogen-bond acceptors (Lipinski definition) is 3. The average molecular weight is 262 g/mol. The summed E-state index contributed by atoms with van der Waals surface area (Å²) in [5.41, 5.74) is 7.09. The molecule has 0 aliphatic carbocycles. The van der Waals surface area contributed by atoms with Crippen molar-refractivity contribution in [1.82, 2.24) is 5.32 Å². The van der Waals surface area contributed by atoms with Crippen molar-refractivity contribution in [3.8, 4) is 0 Å². The molecular formula is C14H18N2O3. The van der Waals surface area contributed by atoms with Crippen LogP contribution in [0.4, 0.5) is 0 Å². The molecule has 1 aromatic rings. The Kier molecular flexibility index (Phi) is 5.26. The topological polar surface area (TPSA) is 92.4 Å². The van der Waals surface area contributed by atoms with E-state index < -0.39 is 17.7 Å². The first-order valence-electron chi connectivity index (χ1n) is 5.91. The summed E-state index contributed by atoms with van der Waals surface area (Å²) in [6.07, 6.45) is 0. The van der Waals surface area contributed by atoms with Gasteiger partial charge in [-0.3, -0.25) is 9.59 Å². The number of aryl methyl sites for hydroxylation is 1. The molecule has 0 heterocycles. The van der Waals surface area contributed by atoms with Gasteiger partial charge in [0.15, 0.2) is 0 Å². The zero-order valence-electron chi connectivity index (χ0n) is 10.8. The Morgan fingerprint density at radius 2 is 1.95 bits per heavy atom. The van der Waals surface area contributed by atoms with E-state index >= 15 is 0 Å².